The summed E-state index contributed by atoms with van der Waals surface area (Å²) in [4.78, 5) is 31.4. The number of nitrogens with zero attached hydrogens (tertiary/aromatic N) is 4. The molecule has 33 heavy (non-hydrogen) atoms. The summed E-state index contributed by atoms with van der Waals surface area (Å²) in [5, 5.41) is 23.4. The monoisotopic (exact) mass is 464 g/mol. The Balaban J connectivity index is 1.95. The summed E-state index contributed by atoms with van der Waals surface area (Å²) in [5.41, 5.74) is 0.228. The Morgan fingerprint density at radius 3 is 2.21 bits per heavy atom. The molecule has 0 unspecified atom stereocenters. The molecule has 0 atom stereocenters. The zero-order valence-corrected chi connectivity index (χ0v) is 18.2. The fraction of sp³-hybridized carbons (Fsp3) is 0.0909. The van der Waals surface area contributed by atoms with Gasteiger partial charge in [-0.15, -0.1) is 0 Å². The first-order valence-electron chi connectivity index (χ1n) is 9.51. The number of aromatic nitrogens is 2. The van der Waals surface area contributed by atoms with Gasteiger partial charge in [0.1, 0.15) is 16.2 Å². The molecule has 0 fully saturated rings. The number of non-ortho nitro benzene ring substituents is 2. The molecule has 0 saturated heterocycles. The minimum atomic E-state index is -0.695. The number of benzene rings is 3. The van der Waals surface area contributed by atoms with Crippen molar-refractivity contribution in [2.24, 2.45) is 0 Å². The van der Waals surface area contributed by atoms with Crippen molar-refractivity contribution in [1.82, 2.24) is 9.97 Å². The Morgan fingerprint density at radius 2 is 1.58 bits per heavy atom. The van der Waals surface area contributed by atoms with Gasteiger partial charge in [-0.3, -0.25) is 20.2 Å². The quantitative estimate of drug-likeness (QED) is 0.265. The molecular weight excluding hydrogens is 448 g/mol. The van der Waals surface area contributed by atoms with Gasteiger partial charge in [0.2, 0.25) is 0 Å². The predicted molar refractivity (Wildman–Crippen MR) is 122 cm³/mol. The van der Waals surface area contributed by atoms with Crippen molar-refractivity contribution in [3.8, 4) is 22.8 Å². The van der Waals surface area contributed by atoms with Gasteiger partial charge in [-0.25, -0.2) is 9.97 Å². The molecule has 1 heterocycles. The maximum absolute atomic E-state index is 11.6. The van der Waals surface area contributed by atoms with E-state index in [9.17, 15) is 20.2 Å². The molecule has 4 rings (SSSR count). The van der Waals surface area contributed by atoms with Crippen LogP contribution >= 0.6 is 11.8 Å². The van der Waals surface area contributed by atoms with Crippen LogP contribution < -0.4 is 9.47 Å². The lowest BCUT2D eigenvalue weighted by Gasteiger charge is -2.12. The number of nitro benzene ring substituents is 2. The molecule has 0 spiro atoms. The van der Waals surface area contributed by atoms with Gasteiger partial charge in [-0.2, -0.15) is 0 Å². The summed E-state index contributed by atoms with van der Waals surface area (Å²) in [6.07, 6.45) is 0. The van der Waals surface area contributed by atoms with Gasteiger partial charge < -0.3 is 9.47 Å². The van der Waals surface area contributed by atoms with Gasteiger partial charge in [0.15, 0.2) is 17.0 Å². The molecule has 4 aromatic rings. The fourth-order valence-electron chi connectivity index (χ4n) is 3.20. The second kappa shape index (κ2) is 9.09. The summed E-state index contributed by atoms with van der Waals surface area (Å²) in [7, 11) is 3.06. The number of rotatable bonds is 7. The second-order valence-electron chi connectivity index (χ2n) is 6.71. The fourth-order valence-corrected chi connectivity index (χ4v) is 4.13. The lowest BCUT2D eigenvalue weighted by molar-refractivity contribution is -0.393. The number of nitro groups is 2. The highest BCUT2D eigenvalue weighted by atomic mass is 32.2. The van der Waals surface area contributed by atoms with E-state index in [0.717, 1.165) is 11.0 Å². The zero-order chi connectivity index (χ0) is 23.5. The van der Waals surface area contributed by atoms with Crippen molar-refractivity contribution in [2.45, 2.75) is 9.92 Å². The molecule has 0 amide bonds. The Morgan fingerprint density at radius 1 is 0.848 bits per heavy atom. The van der Waals surface area contributed by atoms with Gasteiger partial charge in [-0.05, 0) is 18.2 Å². The van der Waals surface area contributed by atoms with Crippen molar-refractivity contribution >= 4 is 34.2 Å². The SMILES string of the molecule is COc1ccc(Sc2nc3cc([N+](=O)[O-])cc([N+](=O)[O-])c3nc2-c2ccccc2)cc1OC. The predicted octanol–water partition coefficient (Wildman–Crippen LogP) is 5.28. The highest BCUT2D eigenvalue weighted by Gasteiger charge is 2.24. The highest BCUT2D eigenvalue weighted by molar-refractivity contribution is 7.99. The van der Waals surface area contributed by atoms with Gasteiger partial charge in [0.25, 0.3) is 5.69 Å². The van der Waals surface area contributed by atoms with Gasteiger partial charge >= 0.3 is 5.69 Å². The van der Waals surface area contributed by atoms with Crippen molar-refractivity contribution in [1.29, 1.82) is 0 Å². The third-order valence-corrected chi connectivity index (χ3v) is 5.69. The Labute approximate surface area is 191 Å². The third-order valence-electron chi connectivity index (χ3n) is 4.73. The molecule has 0 saturated carbocycles. The molecule has 0 radical (unpaired) electrons. The van der Waals surface area contributed by atoms with Crippen LogP contribution in [0.4, 0.5) is 11.4 Å². The summed E-state index contributed by atoms with van der Waals surface area (Å²) in [5.74, 6) is 1.07. The number of fused-ring (bicyclic) bond motifs is 1. The van der Waals surface area contributed by atoms with Gasteiger partial charge in [0, 0.05) is 16.5 Å². The van der Waals surface area contributed by atoms with Crippen molar-refractivity contribution in [2.75, 3.05) is 14.2 Å². The normalized spacial score (nSPS) is 10.7. The molecule has 166 valence electrons. The third kappa shape index (κ3) is 4.39. The van der Waals surface area contributed by atoms with Gasteiger partial charge in [-0.1, -0.05) is 42.1 Å². The van der Waals surface area contributed by atoms with Crippen LogP contribution in [0.2, 0.25) is 0 Å². The summed E-state index contributed by atoms with van der Waals surface area (Å²) in [6.45, 7) is 0. The number of ether oxygens (including phenoxy) is 2. The molecule has 10 nitrogen and oxygen atoms in total. The molecular formula is C22H16N4O6S. The van der Waals surface area contributed by atoms with E-state index < -0.39 is 21.2 Å². The van der Waals surface area contributed by atoms with E-state index in [2.05, 4.69) is 9.97 Å². The summed E-state index contributed by atoms with van der Waals surface area (Å²) < 4.78 is 10.6. The highest BCUT2D eigenvalue weighted by Crippen LogP contribution is 2.40. The first-order chi connectivity index (χ1) is 15.9. The van der Waals surface area contributed by atoms with Crippen LogP contribution in [-0.4, -0.2) is 34.0 Å². The first-order valence-corrected chi connectivity index (χ1v) is 10.3. The average molecular weight is 464 g/mol. The Bertz CT molecular complexity index is 1380. The number of methoxy groups -OCH3 is 2. The molecule has 0 aliphatic heterocycles. The second-order valence-corrected chi connectivity index (χ2v) is 7.77. The topological polar surface area (TPSA) is 131 Å². The number of hydrogen-bond donors (Lipinski definition) is 0. The van der Waals surface area contributed by atoms with Crippen LogP contribution in [0.5, 0.6) is 11.5 Å². The molecule has 0 aliphatic carbocycles. The molecule has 1 aromatic heterocycles. The minimum absolute atomic E-state index is 0.0267. The van der Waals surface area contributed by atoms with Gasteiger partial charge in [0.05, 0.1) is 30.1 Å². The minimum Gasteiger partial charge on any atom is -0.493 e. The van der Waals surface area contributed by atoms with E-state index in [1.165, 1.54) is 32.0 Å². The van der Waals surface area contributed by atoms with Crippen LogP contribution in [0.15, 0.2) is 70.6 Å². The molecule has 0 bridgehead atoms. The largest absolute Gasteiger partial charge is 0.493 e. The maximum atomic E-state index is 11.6. The Kier molecular flexibility index (Phi) is 6.05. The maximum Gasteiger partial charge on any atom is 0.303 e. The van der Waals surface area contributed by atoms with E-state index in [-0.39, 0.29) is 11.0 Å². The Hall–Kier alpha value is -4.25. The van der Waals surface area contributed by atoms with Crippen LogP contribution in [0.1, 0.15) is 0 Å². The molecule has 0 aliphatic rings. The summed E-state index contributed by atoms with van der Waals surface area (Å²) in [6, 6.07) is 16.5. The lowest BCUT2D eigenvalue weighted by Crippen LogP contribution is -2.00. The van der Waals surface area contributed by atoms with Crippen LogP contribution in [0.25, 0.3) is 22.3 Å². The van der Waals surface area contributed by atoms with E-state index >= 15 is 0 Å². The van der Waals surface area contributed by atoms with Crippen LogP contribution in [0, 0.1) is 20.2 Å². The van der Waals surface area contributed by atoms with Crippen LogP contribution in [0.3, 0.4) is 0 Å². The smallest absolute Gasteiger partial charge is 0.303 e. The summed E-state index contributed by atoms with van der Waals surface area (Å²) >= 11 is 1.25. The van der Waals surface area contributed by atoms with E-state index in [4.69, 9.17) is 9.47 Å². The van der Waals surface area contributed by atoms with Crippen molar-refractivity contribution < 1.29 is 19.3 Å². The van der Waals surface area contributed by atoms with Crippen LogP contribution in [-0.2, 0) is 0 Å². The molecule has 0 N–H and O–H groups in total. The standard InChI is InChI=1S/C22H16N4O6S/c1-31-18-9-8-15(12-19(18)32-2)33-22-20(13-6-4-3-5-7-13)24-21-16(23-22)10-14(25(27)28)11-17(21)26(29)30/h3-12H,1-2H3. The van der Waals surface area contributed by atoms with E-state index in [0.29, 0.717) is 27.8 Å². The lowest BCUT2D eigenvalue weighted by atomic mass is 10.1. The first kappa shape index (κ1) is 22.0. The van der Waals surface area contributed by atoms with E-state index in [1.54, 1.807) is 12.1 Å². The van der Waals surface area contributed by atoms with Crippen molar-refractivity contribution in [3.63, 3.8) is 0 Å². The molecule has 3 aromatic carbocycles. The molecule has 11 heteroatoms. The van der Waals surface area contributed by atoms with Crippen molar-refractivity contribution in [3.05, 3.63) is 80.9 Å². The van der Waals surface area contributed by atoms with E-state index in [1.807, 2.05) is 36.4 Å². The average Bonchev–Trinajstić information content (AvgIpc) is 2.83. The zero-order valence-electron chi connectivity index (χ0n) is 17.4. The number of hydrogen-bond acceptors (Lipinski definition) is 9.